The van der Waals surface area contributed by atoms with Crippen LogP contribution in [-0.2, 0) is 4.79 Å². The molecule has 2 aliphatic rings. The van der Waals surface area contributed by atoms with Crippen molar-refractivity contribution in [1.82, 2.24) is 5.32 Å². The molecule has 0 radical (unpaired) electrons. The lowest BCUT2D eigenvalue weighted by Crippen LogP contribution is -2.34. The van der Waals surface area contributed by atoms with Crippen molar-refractivity contribution in [3.63, 3.8) is 0 Å². The van der Waals surface area contributed by atoms with Gasteiger partial charge in [-0.15, -0.1) is 0 Å². The lowest BCUT2D eigenvalue weighted by molar-refractivity contribution is -0.117. The number of nitrogens with zero attached hydrogens (tertiary/aromatic N) is 1. The van der Waals surface area contributed by atoms with Gasteiger partial charge in [0.25, 0.3) is 0 Å². The minimum absolute atomic E-state index is 0.0409. The molecule has 1 unspecified atom stereocenters. The topological polar surface area (TPSA) is 79.9 Å². The molecule has 7 heteroatoms. The van der Waals surface area contributed by atoms with E-state index < -0.39 is 0 Å². The third-order valence-electron chi connectivity index (χ3n) is 4.46. The van der Waals surface area contributed by atoms with E-state index in [-0.39, 0.29) is 24.6 Å². The van der Waals surface area contributed by atoms with Gasteiger partial charge in [-0.2, -0.15) is 0 Å². The van der Waals surface area contributed by atoms with Crippen LogP contribution >= 0.6 is 0 Å². The maximum atomic E-state index is 12.3. The second kappa shape index (κ2) is 6.95. The van der Waals surface area contributed by atoms with Gasteiger partial charge < -0.3 is 25.0 Å². The molecule has 134 valence electrons. The van der Waals surface area contributed by atoms with Gasteiger partial charge in [-0.05, 0) is 24.3 Å². The van der Waals surface area contributed by atoms with Crippen molar-refractivity contribution in [2.45, 2.75) is 6.42 Å². The molecule has 4 rings (SSSR count). The molecular formula is C19H19N3O4. The predicted molar refractivity (Wildman–Crippen MR) is 96.5 cm³/mol. The number of fused-ring (bicyclic) bond motifs is 1. The summed E-state index contributed by atoms with van der Waals surface area (Å²) in [5, 5.41) is 5.60. The van der Waals surface area contributed by atoms with Gasteiger partial charge >= 0.3 is 6.03 Å². The molecule has 0 bridgehead atoms. The monoisotopic (exact) mass is 353 g/mol. The number of para-hydroxylation sites is 1. The zero-order valence-corrected chi connectivity index (χ0v) is 14.1. The Bertz CT molecular complexity index is 825. The van der Waals surface area contributed by atoms with Crippen LogP contribution in [-0.4, -0.2) is 31.8 Å². The molecule has 2 N–H and O–H groups in total. The van der Waals surface area contributed by atoms with Gasteiger partial charge in [0.1, 0.15) is 0 Å². The molecule has 1 atom stereocenters. The Morgan fingerprint density at radius 3 is 2.77 bits per heavy atom. The van der Waals surface area contributed by atoms with Crippen LogP contribution in [0.15, 0.2) is 48.5 Å². The maximum absolute atomic E-state index is 12.3. The Morgan fingerprint density at radius 1 is 1.12 bits per heavy atom. The lowest BCUT2D eigenvalue weighted by Gasteiger charge is -2.17. The van der Waals surface area contributed by atoms with Gasteiger partial charge in [0.05, 0.1) is 0 Å². The quantitative estimate of drug-likeness (QED) is 0.885. The molecular weight excluding hydrogens is 334 g/mol. The highest BCUT2D eigenvalue weighted by molar-refractivity contribution is 5.96. The van der Waals surface area contributed by atoms with Crippen molar-refractivity contribution in [1.29, 1.82) is 0 Å². The highest BCUT2D eigenvalue weighted by atomic mass is 16.7. The van der Waals surface area contributed by atoms with Crippen LogP contribution in [0.2, 0.25) is 0 Å². The molecule has 0 aliphatic carbocycles. The number of nitrogens with one attached hydrogen (secondary N) is 2. The number of carbonyl (C=O) groups excluding carboxylic acids is 2. The summed E-state index contributed by atoms with van der Waals surface area (Å²) >= 11 is 0. The van der Waals surface area contributed by atoms with Crippen molar-refractivity contribution in [2.75, 3.05) is 30.1 Å². The van der Waals surface area contributed by atoms with Crippen molar-refractivity contribution in [3.05, 3.63) is 48.5 Å². The fraction of sp³-hybridized carbons (Fsp3) is 0.263. The summed E-state index contributed by atoms with van der Waals surface area (Å²) in [6.45, 7) is 1.20. The third-order valence-corrected chi connectivity index (χ3v) is 4.46. The lowest BCUT2D eigenvalue weighted by atomic mass is 10.1. The molecule has 0 saturated carbocycles. The largest absolute Gasteiger partial charge is 0.454 e. The zero-order valence-electron chi connectivity index (χ0n) is 14.1. The summed E-state index contributed by atoms with van der Waals surface area (Å²) in [6.07, 6.45) is 0.403. The van der Waals surface area contributed by atoms with E-state index in [1.807, 2.05) is 48.5 Å². The van der Waals surface area contributed by atoms with Gasteiger partial charge in [-0.3, -0.25) is 4.79 Å². The normalized spacial score (nSPS) is 18.1. The Morgan fingerprint density at radius 2 is 1.92 bits per heavy atom. The van der Waals surface area contributed by atoms with Crippen molar-refractivity contribution >= 4 is 23.3 Å². The van der Waals surface area contributed by atoms with Crippen molar-refractivity contribution < 1.29 is 19.1 Å². The Kier molecular flexibility index (Phi) is 4.35. The van der Waals surface area contributed by atoms with Gasteiger partial charge in [0, 0.05) is 42.9 Å². The molecule has 2 aromatic carbocycles. The highest BCUT2D eigenvalue weighted by Gasteiger charge is 2.31. The Hall–Kier alpha value is -3.22. The van der Waals surface area contributed by atoms with Gasteiger partial charge in [0.15, 0.2) is 11.5 Å². The fourth-order valence-corrected chi connectivity index (χ4v) is 3.15. The molecule has 2 heterocycles. The van der Waals surface area contributed by atoms with E-state index >= 15 is 0 Å². The second-order valence-electron chi connectivity index (χ2n) is 6.31. The first-order chi connectivity index (χ1) is 12.7. The maximum Gasteiger partial charge on any atom is 0.319 e. The van der Waals surface area contributed by atoms with Crippen LogP contribution in [0, 0.1) is 5.92 Å². The molecule has 1 fully saturated rings. The number of urea groups is 1. The summed E-state index contributed by atoms with van der Waals surface area (Å²) in [7, 11) is 0. The first-order valence-corrected chi connectivity index (χ1v) is 8.49. The van der Waals surface area contributed by atoms with Crippen LogP contribution in [0.25, 0.3) is 0 Å². The number of hydrogen-bond acceptors (Lipinski definition) is 4. The summed E-state index contributed by atoms with van der Waals surface area (Å²) in [5.41, 5.74) is 1.52. The molecule has 0 aromatic heterocycles. The number of anilines is 2. The van der Waals surface area contributed by atoms with Crippen LogP contribution in [0.3, 0.4) is 0 Å². The number of benzene rings is 2. The van der Waals surface area contributed by atoms with E-state index in [0.29, 0.717) is 31.0 Å². The highest BCUT2D eigenvalue weighted by Crippen LogP contribution is 2.37. The van der Waals surface area contributed by atoms with Crippen molar-refractivity contribution in [3.8, 4) is 11.5 Å². The van der Waals surface area contributed by atoms with E-state index in [0.717, 1.165) is 11.4 Å². The van der Waals surface area contributed by atoms with E-state index in [9.17, 15) is 9.59 Å². The van der Waals surface area contributed by atoms with Crippen LogP contribution in [0.1, 0.15) is 6.42 Å². The second-order valence-corrected chi connectivity index (χ2v) is 6.31. The molecule has 7 nitrogen and oxygen atoms in total. The molecule has 2 aliphatic heterocycles. The number of hydrogen-bond donors (Lipinski definition) is 2. The first kappa shape index (κ1) is 16.3. The number of rotatable bonds is 4. The minimum Gasteiger partial charge on any atom is -0.454 e. The summed E-state index contributed by atoms with van der Waals surface area (Å²) in [6, 6.07) is 14.4. The number of amides is 3. The van der Waals surface area contributed by atoms with Gasteiger partial charge in [-0.25, -0.2) is 4.79 Å². The summed E-state index contributed by atoms with van der Waals surface area (Å²) < 4.78 is 10.7. The Balaban J connectivity index is 1.32. The molecule has 1 saturated heterocycles. The first-order valence-electron chi connectivity index (χ1n) is 8.49. The SMILES string of the molecule is O=C(NCC1CC(=O)N(c2ccc3c(c2)OCO3)C1)Nc1ccccc1. The number of carbonyl (C=O) groups is 2. The van der Waals surface area contributed by atoms with Crippen molar-refractivity contribution in [2.24, 2.45) is 5.92 Å². The third kappa shape index (κ3) is 3.42. The molecule has 2 aromatic rings. The summed E-state index contributed by atoms with van der Waals surface area (Å²) in [4.78, 5) is 26.1. The van der Waals surface area contributed by atoms with E-state index in [2.05, 4.69) is 10.6 Å². The van der Waals surface area contributed by atoms with Gasteiger partial charge in [-0.1, -0.05) is 18.2 Å². The predicted octanol–water partition coefficient (Wildman–Crippen LogP) is 2.59. The zero-order chi connectivity index (χ0) is 17.9. The fourth-order valence-electron chi connectivity index (χ4n) is 3.15. The Labute approximate surface area is 150 Å². The molecule has 0 spiro atoms. The number of ether oxygens (including phenoxy) is 2. The standard InChI is InChI=1S/C19H19N3O4/c23-18-8-13(10-20-19(24)21-14-4-2-1-3-5-14)11-22(18)15-6-7-16-17(9-15)26-12-25-16/h1-7,9,13H,8,10-12H2,(H2,20,21,24). The van der Waals surface area contributed by atoms with E-state index in [1.54, 1.807) is 4.90 Å². The minimum atomic E-state index is -0.273. The smallest absolute Gasteiger partial charge is 0.319 e. The molecule has 3 amide bonds. The van der Waals surface area contributed by atoms with Crippen LogP contribution in [0.5, 0.6) is 11.5 Å². The van der Waals surface area contributed by atoms with Crippen LogP contribution < -0.4 is 25.0 Å². The average molecular weight is 353 g/mol. The molecule has 26 heavy (non-hydrogen) atoms. The average Bonchev–Trinajstić information content (AvgIpc) is 3.26. The van der Waals surface area contributed by atoms with E-state index in [1.165, 1.54) is 0 Å². The summed E-state index contributed by atoms with van der Waals surface area (Å²) in [5.74, 6) is 1.45. The van der Waals surface area contributed by atoms with Crippen LogP contribution in [0.4, 0.5) is 16.2 Å². The van der Waals surface area contributed by atoms with E-state index in [4.69, 9.17) is 9.47 Å². The van der Waals surface area contributed by atoms with Gasteiger partial charge in [0.2, 0.25) is 12.7 Å².